The molecule has 406 valence electrons. The molecule has 0 aliphatic carbocycles. The molecule has 0 heterocycles. The van der Waals surface area contributed by atoms with E-state index in [1.165, 1.54) is 148 Å². The number of carbonyl (C=O) groups is 3. The highest BCUT2D eigenvalue weighted by Gasteiger charge is 2.19. The Labute approximate surface area is 438 Å². The first-order valence-electron chi connectivity index (χ1n) is 29.7. The van der Waals surface area contributed by atoms with Crippen LogP contribution in [0.3, 0.4) is 0 Å². The third kappa shape index (κ3) is 57.1. The van der Waals surface area contributed by atoms with Crippen molar-refractivity contribution in [2.24, 2.45) is 0 Å². The molecule has 0 bridgehead atoms. The number of unbranched alkanes of at least 4 members (excludes halogenated alkanes) is 26. The van der Waals surface area contributed by atoms with E-state index in [0.29, 0.717) is 19.3 Å². The first kappa shape index (κ1) is 67.3. The molecule has 0 N–H and O–H groups in total. The van der Waals surface area contributed by atoms with E-state index in [9.17, 15) is 14.4 Å². The van der Waals surface area contributed by atoms with E-state index >= 15 is 0 Å². The molecule has 1 atom stereocenters. The molecule has 0 spiro atoms. The minimum absolute atomic E-state index is 0.101. The Morgan fingerprint density at radius 1 is 0.282 bits per heavy atom. The number of rotatable bonds is 53. The molecule has 0 aliphatic rings. The van der Waals surface area contributed by atoms with Crippen LogP contribution in [0.2, 0.25) is 0 Å². The zero-order chi connectivity index (χ0) is 51.4. The van der Waals surface area contributed by atoms with Crippen LogP contribution in [0, 0.1) is 0 Å². The quantitative estimate of drug-likeness (QED) is 0.0261. The zero-order valence-corrected chi connectivity index (χ0v) is 46.5. The highest BCUT2D eigenvalue weighted by atomic mass is 16.6. The van der Waals surface area contributed by atoms with E-state index in [4.69, 9.17) is 14.2 Å². The molecule has 0 radical (unpaired) electrons. The minimum Gasteiger partial charge on any atom is -0.462 e. The van der Waals surface area contributed by atoms with Gasteiger partial charge in [-0.2, -0.15) is 0 Å². The third-order valence-corrected chi connectivity index (χ3v) is 12.5. The van der Waals surface area contributed by atoms with Crippen molar-refractivity contribution in [2.45, 2.75) is 284 Å². The van der Waals surface area contributed by atoms with Crippen LogP contribution in [0.15, 0.2) is 97.2 Å². The predicted molar refractivity (Wildman–Crippen MR) is 307 cm³/mol. The molecule has 0 aromatic rings. The van der Waals surface area contributed by atoms with Crippen molar-refractivity contribution < 1.29 is 28.6 Å². The van der Waals surface area contributed by atoms with Crippen molar-refractivity contribution in [2.75, 3.05) is 13.2 Å². The van der Waals surface area contributed by atoms with Gasteiger partial charge in [0.15, 0.2) is 6.10 Å². The first-order chi connectivity index (χ1) is 35.0. The number of hydrogen-bond acceptors (Lipinski definition) is 6. The molecule has 0 unspecified atom stereocenters. The summed E-state index contributed by atoms with van der Waals surface area (Å²) >= 11 is 0. The fourth-order valence-corrected chi connectivity index (χ4v) is 8.02. The zero-order valence-electron chi connectivity index (χ0n) is 46.5. The van der Waals surface area contributed by atoms with Gasteiger partial charge >= 0.3 is 17.9 Å². The molecule has 0 saturated heterocycles. The van der Waals surface area contributed by atoms with Gasteiger partial charge in [-0.1, -0.05) is 234 Å². The Morgan fingerprint density at radius 2 is 0.521 bits per heavy atom. The molecule has 0 fully saturated rings. The van der Waals surface area contributed by atoms with Crippen LogP contribution in [-0.4, -0.2) is 37.2 Å². The van der Waals surface area contributed by atoms with Crippen molar-refractivity contribution in [3.05, 3.63) is 97.2 Å². The van der Waals surface area contributed by atoms with E-state index < -0.39 is 6.10 Å². The Bertz CT molecular complexity index is 1410. The van der Waals surface area contributed by atoms with Gasteiger partial charge in [0, 0.05) is 19.3 Å². The lowest BCUT2D eigenvalue weighted by Crippen LogP contribution is -2.30. The number of hydrogen-bond donors (Lipinski definition) is 0. The Morgan fingerprint density at radius 3 is 0.845 bits per heavy atom. The summed E-state index contributed by atoms with van der Waals surface area (Å²) in [7, 11) is 0. The van der Waals surface area contributed by atoms with Gasteiger partial charge < -0.3 is 14.2 Å². The summed E-state index contributed by atoms with van der Waals surface area (Å²) in [6.07, 6.45) is 78.2. The van der Waals surface area contributed by atoms with Crippen LogP contribution in [0.1, 0.15) is 278 Å². The van der Waals surface area contributed by atoms with Gasteiger partial charge in [0.05, 0.1) is 0 Å². The molecule has 0 aliphatic heterocycles. The monoisotopic (exact) mass is 987 g/mol. The topological polar surface area (TPSA) is 78.9 Å². The summed E-state index contributed by atoms with van der Waals surface area (Å²) in [5, 5.41) is 0. The molecule has 0 saturated carbocycles. The number of carbonyl (C=O) groups excluding carboxylic acids is 3. The van der Waals surface area contributed by atoms with Gasteiger partial charge in [-0.15, -0.1) is 0 Å². The van der Waals surface area contributed by atoms with Crippen molar-refractivity contribution >= 4 is 17.9 Å². The first-order valence-corrected chi connectivity index (χ1v) is 29.7. The van der Waals surface area contributed by atoms with Crippen molar-refractivity contribution in [3.8, 4) is 0 Å². The van der Waals surface area contributed by atoms with Crippen LogP contribution in [-0.2, 0) is 28.6 Å². The average Bonchev–Trinajstić information content (AvgIpc) is 3.37. The van der Waals surface area contributed by atoms with Crippen LogP contribution < -0.4 is 0 Å². The van der Waals surface area contributed by atoms with Gasteiger partial charge in [0.2, 0.25) is 0 Å². The largest absolute Gasteiger partial charge is 0.462 e. The van der Waals surface area contributed by atoms with E-state index in [-0.39, 0.29) is 37.5 Å². The summed E-state index contributed by atoms with van der Waals surface area (Å²) in [5.41, 5.74) is 0. The molecule has 6 heteroatoms. The number of ether oxygens (including phenoxy) is 3. The Balaban J connectivity index is 4.48. The molecule has 0 aromatic heterocycles. The maximum atomic E-state index is 12.9. The van der Waals surface area contributed by atoms with E-state index in [2.05, 4.69) is 118 Å². The fourth-order valence-electron chi connectivity index (χ4n) is 8.02. The molecule has 0 rings (SSSR count). The van der Waals surface area contributed by atoms with Crippen molar-refractivity contribution in [1.29, 1.82) is 0 Å². The van der Waals surface area contributed by atoms with Gasteiger partial charge in [-0.25, -0.2) is 0 Å². The second-order valence-electron chi connectivity index (χ2n) is 19.5. The molecule has 0 aromatic carbocycles. The summed E-state index contributed by atoms with van der Waals surface area (Å²) in [6.45, 7) is 6.52. The average molecular weight is 988 g/mol. The molecule has 71 heavy (non-hydrogen) atoms. The standard InChI is InChI=1S/C65H110O6/c1-4-7-10-13-16-19-22-25-28-31-32-35-38-41-44-47-50-53-56-59-65(68)71-62(60-69-63(66)57-54-51-48-45-42-39-36-33-29-26-23-20-17-14-11-8-5-2)61-70-64(67)58-55-52-49-46-43-40-37-34-30-27-24-21-18-15-12-9-6-3/h16-21,25-30,36,39,45,48,62H,4-15,22-24,31-35,37-38,40-44,46-47,49-61H2,1-3H3/b19-16-,20-17-,21-18-,28-25-,29-26-,30-27-,39-36-,48-45-/t62-/m1/s1. The van der Waals surface area contributed by atoms with Gasteiger partial charge in [0.1, 0.15) is 13.2 Å². The third-order valence-electron chi connectivity index (χ3n) is 12.5. The summed E-state index contributed by atoms with van der Waals surface area (Å²) in [4.78, 5) is 38.2. The molecular formula is C65H110O6. The van der Waals surface area contributed by atoms with Gasteiger partial charge in [-0.05, 0) is 122 Å². The maximum Gasteiger partial charge on any atom is 0.306 e. The second-order valence-corrected chi connectivity index (χ2v) is 19.5. The van der Waals surface area contributed by atoms with Crippen molar-refractivity contribution in [3.63, 3.8) is 0 Å². The molecule has 6 nitrogen and oxygen atoms in total. The minimum atomic E-state index is -0.807. The summed E-state index contributed by atoms with van der Waals surface area (Å²) < 4.78 is 16.8. The van der Waals surface area contributed by atoms with E-state index in [0.717, 1.165) is 83.5 Å². The van der Waals surface area contributed by atoms with Crippen LogP contribution >= 0.6 is 0 Å². The Hall–Kier alpha value is -3.67. The van der Waals surface area contributed by atoms with Crippen LogP contribution in [0.5, 0.6) is 0 Å². The molecule has 0 amide bonds. The highest BCUT2D eigenvalue weighted by Crippen LogP contribution is 2.15. The lowest BCUT2D eigenvalue weighted by molar-refractivity contribution is -0.167. The van der Waals surface area contributed by atoms with Gasteiger partial charge in [-0.3, -0.25) is 14.4 Å². The van der Waals surface area contributed by atoms with E-state index in [1.807, 2.05) is 0 Å². The summed E-state index contributed by atoms with van der Waals surface area (Å²) in [5.74, 6) is -0.966. The number of allylic oxidation sites excluding steroid dienone is 16. The summed E-state index contributed by atoms with van der Waals surface area (Å²) in [6, 6.07) is 0. The lowest BCUT2D eigenvalue weighted by Gasteiger charge is -2.18. The molecular weight excluding hydrogens is 877 g/mol. The van der Waals surface area contributed by atoms with Crippen LogP contribution in [0.25, 0.3) is 0 Å². The van der Waals surface area contributed by atoms with Crippen molar-refractivity contribution in [1.82, 2.24) is 0 Å². The maximum absolute atomic E-state index is 12.9. The smallest absolute Gasteiger partial charge is 0.306 e. The van der Waals surface area contributed by atoms with Gasteiger partial charge in [0.25, 0.3) is 0 Å². The van der Waals surface area contributed by atoms with Crippen LogP contribution in [0.4, 0.5) is 0 Å². The normalized spacial score (nSPS) is 12.8. The van der Waals surface area contributed by atoms with E-state index in [1.54, 1.807) is 0 Å². The lowest BCUT2D eigenvalue weighted by atomic mass is 10.1. The number of esters is 3. The SMILES string of the molecule is CCCCC/C=C\C/C=C\C/C=C\C/C=C\CCCC(=O)OC[C@H](COC(=O)CCCCCCCCC/C=C\C/C=C\CCCCC)OC(=O)CCCCCCCCCCC/C=C\C/C=C\CCCCC. The fraction of sp³-hybridized carbons (Fsp3) is 0.708. The highest BCUT2D eigenvalue weighted by molar-refractivity contribution is 5.71. The predicted octanol–water partition coefficient (Wildman–Crippen LogP) is 20.1. The Kier molecular flexibility index (Phi) is 55.9. The second kappa shape index (κ2) is 58.9.